The predicted octanol–water partition coefficient (Wildman–Crippen LogP) is 4.59. The van der Waals surface area contributed by atoms with Crippen LogP contribution in [-0.2, 0) is 16.0 Å². The summed E-state index contributed by atoms with van der Waals surface area (Å²) in [6.45, 7) is 5.59. The SMILES string of the molecule is CC(C)(C)OC(=O)N[C@H]1CC[C@@H](Oc2ncnc3sc4c(c23)[C@H](CCC(N)=O)CCC4)CC1. The highest BCUT2D eigenvalue weighted by Gasteiger charge is 2.30. The number of rotatable bonds is 6. The lowest BCUT2D eigenvalue weighted by Crippen LogP contribution is -2.42. The van der Waals surface area contributed by atoms with Crippen LogP contribution in [0.15, 0.2) is 6.33 Å². The molecule has 0 radical (unpaired) electrons. The molecule has 1 fully saturated rings. The minimum atomic E-state index is -0.502. The number of ether oxygens (including phenoxy) is 2. The summed E-state index contributed by atoms with van der Waals surface area (Å²) < 4.78 is 11.8. The number of nitrogens with two attached hydrogens (primary N) is 1. The summed E-state index contributed by atoms with van der Waals surface area (Å²) in [5.74, 6) is 0.676. The summed E-state index contributed by atoms with van der Waals surface area (Å²) in [7, 11) is 0. The van der Waals surface area contributed by atoms with E-state index in [9.17, 15) is 9.59 Å². The number of nitrogens with one attached hydrogen (secondary N) is 1. The lowest BCUT2D eigenvalue weighted by atomic mass is 9.83. The summed E-state index contributed by atoms with van der Waals surface area (Å²) >= 11 is 1.72. The molecule has 2 aliphatic rings. The highest BCUT2D eigenvalue weighted by molar-refractivity contribution is 7.18. The van der Waals surface area contributed by atoms with E-state index in [0.717, 1.165) is 61.6 Å². The molecule has 0 aliphatic heterocycles. The number of hydrogen-bond acceptors (Lipinski definition) is 7. The van der Waals surface area contributed by atoms with E-state index < -0.39 is 5.60 Å². The quantitative estimate of drug-likeness (QED) is 0.632. The molecule has 0 bridgehead atoms. The first-order valence-electron chi connectivity index (χ1n) is 11.9. The molecule has 2 aromatic rings. The van der Waals surface area contributed by atoms with Gasteiger partial charge in [-0.1, -0.05) is 0 Å². The molecular formula is C24H34N4O4S. The summed E-state index contributed by atoms with van der Waals surface area (Å²) in [6.07, 6.45) is 8.93. The molecule has 4 rings (SSSR count). The number of aryl methyl sites for hydroxylation is 1. The molecule has 0 aromatic carbocycles. The Hall–Kier alpha value is -2.42. The molecule has 33 heavy (non-hydrogen) atoms. The second-order valence-corrected chi connectivity index (χ2v) is 11.2. The smallest absolute Gasteiger partial charge is 0.407 e. The molecule has 2 aromatic heterocycles. The van der Waals surface area contributed by atoms with Gasteiger partial charge in [0, 0.05) is 17.3 Å². The van der Waals surface area contributed by atoms with Crippen molar-refractivity contribution >= 4 is 33.6 Å². The van der Waals surface area contributed by atoms with E-state index in [1.165, 1.54) is 10.4 Å². The molecule has 8 nitrogen and oxygen atoms in total. The molecule has 1 saturated carbocycles. The first kappa shape index (κ1) is 23.7. The molecule has 2 aliphatic carbocycles. The number of carbonyl (C=O) groups is 2. The molecule has 1 atom stereocenters. The van der Waals surface area contributed by atoms with Crippen LogP contribution in [0.2, 0.25) is 0 Å². The van der Waals surface area contributed by atoms with Crippen molar-refractivity contribution in [2.24, 2.45) is 5.73 Å². The standard InChI is InChI=1S/C24H34N4O4S/c1-24(2,3)32-23(30)28-15-8-10-16(11-9-15)31-21-20-19-14(7-12-18(25)29)5-4-6-17(19)33-22(20)27-13-26-21/h13-16H,4-12H2,1-3H3,(H2,25,29)(H,28,30)/t14-,15-,16+/m0/s1. The summed E-state index contributed by atoms with van der Waals surface area (Å²) in [5, 5.41) is 3.99. The first-order chi connectivity index (χ1) is 15.7. The number of aromatic nitrogens is 2. The Morgan fingerprint density at radius 1 is 1.18 bits per heavy atom. The van der Waals surface area contributed by atoms with Crippen LogP contribution >= 0.6 is 11.3 Å². The molecule has 9 heteroatoms. The maximum absolute atomic E-state index is 12.1. The van der Waals surface area contributed by atoms with Crippen LogP contribution in [0.25, 0.3) is 10.2 Å². The van der Waals surface area contributed by atoms with E-state index in [1.807, 2.05) is 20.8 Å². The lowest BCUT2D eigenvalue weighted by Gasteiger charge is -2.30. The second kappa shape index (κ2) is 9.83. The van der Waals surface area contributed by atoms with Crippen LogP contribution in [-0.4, -0.2) is 39.7 Å². The molecule has 3 N–H and O–H groups in total. The molecule has 0 spiro atoms. The van der Waals surface area contributed by atoms with Crippen molar-refractivity contribution in [3.63, 3.8) is 0 Å². The fraction of sp³-hybridized carbons (Fsp3) is 0.667. The third kappa shape index (κ3) is 5.93. The maximum atomic E-state index is 12.1. The Labute approximate surface area is 198 Å². The van der Waals surface area contributed by atoms with Crippen LogP contribution in [0.4, 0.5) is 4.79 Å². The Morgan fingerprint density at radius 3 is 2.64 bits per heavy atom. The molecule has 180 valence electrons. The van der Waals surface area contributed by atoms with E-state index in [2.05, 4.69) is 15.3 Å². The van der Waals surface area contributed by atoms with Crippen molar-refractivity contribution in [1.82, 2.24) is 15.3 Å². The van der Waals surface area contributed by atoms with Crippen molar-refractivity contribution in [3.8, 4) is 5.88 Å². The number of thiophene rings is 1. The van der Waals surface area contributed by atoms with Gasteiger partial charge in [-0.2, -0.15) is 0 Å². The number of hydrogen-bond donors (Lipinski definition) is 2. The van der Waals surface area contributed by atoms with Gasteiger partial charge in [-0.3, -0.25) is 4.79 Å². The predicted molar refractivity (Wildman–Crippen MR) is 128 cm³/mol. The minimum Gasteiger partial charge on any atom is -0.474 e. The number of fused-ring (bicyclic) bond motifs is 3. The maximum Gasteiger partial charge on any atom is 0.407 e. The Morgan fingerprint density at radius 2 is 1.94 bits per heavy atom. The van der Waals surface area contributed by atoms with Crippen LogP contribution in [0, 0.1) is 0 Å². The minimum absolute atomic E-state index is 0.0444. The summed E-state index contributed by atoms with van der Waals surface area (Å²) in [6, 6.07) is 0.0946. The van der Waals surface area contributed by atoms with Crippen molar-refractivity contribution in [3.05, 3.63) is 16.8 Å². The molecule has 0 saturated heterocycles. The molecule has 0 unspecified atom stereocenters. The Bertz CT molecular complexity index is 1010. The molecule has 2 amide bonds. The van der Waals surface area contributed by atoms with Gasteiger partial charge in [-0.25, -0.2) is 14.8 Å². The van der Waals surface area contributed by atoms with Crippen molar-refractivity contribution in [2.45, 2.75) is 102 Å². The number of nitrogens with zero attached hydrogens (tertiary/aromatic N) is 2. The fourth-order valence-corrected chi connectivity index (χ4v) is 6.15. The van der Waals surface area contributed by atoms with Gasteiger partial charge in [0.25, 0.3) is 0 Å². The number of amides is 2. The third-order valence-electron chi connectivity index (χ3n) is 6.34. The van der Waals surface area contributed by atoms with E-state index in [0.29, 0.717) is 12.3 Å². The fourth-order valence-electron chi connectivity index (χ4n) is 4.90. The van der Waals surface area contributed by atoms with E-state index in [1.54, 1.807) is 17.7 Å². The number of primary amides is 1. The van der Waals surface area contributed by atoms with Crippen LogP contribution in [0.1, 0.15) is 88.5 Å². The zero-order valence-electron chi connectivity index (χ0n) is 19.7. The normalized spacial score (nSPS) is 23.1. The van der Waals surface area contributed by atoms with Gasteiger partial charge < -0.3 is 20.5 Å². The lowest BCUT2D eigenvalue weighted by molar-refractivity contribution is -0.118. The van der Waals surface area contributed by atoms with Gasteiger partial charge in [-0.15, -0.1) is 11.3 Å². The van der Waals surface area contributed by atoms with Gasteiger partial charge in [-0.05, 0) is 83.6 Å². The summed E-state index contributed by atoms with van der Waals surface area (Å²) in [5.41, 5.74) is 6.18. The van der Waals surface area contributed by atoms with Crippen LogP contribution in [0.3, 0.4) is 0 Å². The average Bonchev–Trinajstić information content (AvgIpc) is 3.12. The number of alkyl carbamates (subject to hydrolysis) is 1. The largest absolute Gasteiger partial charge is 0.474 e. The van der Waals surface area contributed by atoms with Crippen molar-refractivity contribution in [2.75, 3.05) is 0 Å². The van der Waals surface area contributed by atoms with Gasteiger partial charge >= 0.3 is 6.09 Å². The zero-order valence-corrected chi connectivity index (χ0v) is 20.5. The number of carbonyl (C=O) groups excluding carboxylic acids is 2. The van der Waals surface area contributed by atoms with Crippen LogP contribution < -0.4 is 15.8 Å². The molecular weight excluding hydrogens is 440 g/mol. The van der Waals surface area contributed by atoms with Gasteiger partial charge in [0.1, 0.15) is 22.9 Å². The second-order valence-electron chi connectivity index (χ2n) is 10.1. The van der Waals surface area contributed by atoms with Gasteiger partial charge in [0.15, 0.2) is 0 Å². The van der Waals surface area contributed by atoms with Crippen molar-refractivity contribution < 1.29 is 19.1 Å². The Balaban J connectivity index is 1.44. The van der Waals surface area contributed by atoms with Gasteiger partial charge in [0.05, 0.1) is 5.39 Å². The third-order valence-corrected chi connectivity index (χ3v) is 7.52. The highest BCUT2D eigenvalue weighted by atomic mass is 32.1. The van der Waals surface area contributed by atoms with Crippen LogP contribution in [0.5, 0.6) is 5.88 Å². The summed E-state index contributed by atoms with van der Waals surface area (Å²) in [4.78, 5) is 34.8. The zero-order chi connectivity index (χ0) is 23.6. The van der Waals surface area contributed by atoms with E-state index >= 15 is 0 Å². The molecule has 2 heterocycles. The van der Waals surface area contributed by atoms with Gasteiger partial charge in [0.2, 0.25) is 11.8 Å². The Kier molecular flexibility index (Phi) is 7.07. The van der Waals surface area contributed by atoms with E-state index in [4.69, 9.17) is 15.2 Å². The first-order valence-corrected chi connectivity index (χ1v) is 12.7. The topological polar surface area (TPSA) is 116 Å². The van der Waals surface area contributed by atoms with Crippen molar-refractivity contribution in [1.29, 1.82) is 0 Å². The monoisotopic (exact) mass is 474 g/mol. The average molecular weight is 475 g/mol. The highest BCUT2D eigenvalue weighted by Crippen LogP contribution is 2.46. The van der Waals surface area contributed by atoms with E-state index in [-0.39, 0.29) is 30.1 Å².